The summed E-state index contributed by atoms with van der Waals surface area (Å²) in [6.45, 7) is 0.787. The molecule has 5 nitrogen and oxygen atoms in total. The van der Waals surface area contributed by atoms with Crippen LogP contribution in [0.25, 0.3) is 0 Å². The topological polar surface area (TPSA) is 81.4 Å². The molecule has 96 valence electrons. The van der Waals surface area contributed by atoms with Gasteiger partial charge in [-0.2, -0.15) is 0 Å². The summed E-state index contributed by atoms with van der Waals surface area (Å²) in [5.74, 6) is 5.69. The molecule has 1 aliphatic heterocycles. The van der Waals surface area contributed by atoms with Crippen molar-refractivity contribution in [3.63, 3.8) is 0 Å². The van der Waals surface area contributed by atoms with Gasteiger partial charge >= 0.3 is 0 Å². The maximum absolute atomic E-state index is 11.0. The van der Waals surface area contributed by atoms with Crippen molar-refractivity contribution in [3.05, 3.63) is 0 Å². The van der Waals surface area contributed by atoms with E-state index in [0.717, 1.165) is 32.3 Å². The number of hydrogen-bond acceptors (Lipinski definition) is 5. The number of rotatable bonds is 6. The molecule has 0 radical (unpaired) electrons. The normalized spacial score (nSPS) is 24.2. The molecule has 0 aromatic carbocycles. The molecule has 0 saturated carbocycles. The van der Waals surface area contributed by atoms with Crippen molar-refractivity contribution in [2.24, 2.45) is 5.84 Å². The Kier molecular flexibility index (Phi) is 5.68. The van der Waals surface area contributed by atoms with Crippen LogP contribution in [0.5, 0.6) is 0 Å². The molecule has 0 amide bonds. The van der Waals surface area contributed by atoms with E-state index in [1.807, 2.05) is 0 Å². The molecule has 0 spiro atoms. The Hall–Kier alpha value is -0.170. The minimum Gasteiger partial charge on any atom is -0.377 e. The average molecular weight is 250 g/mol. The molecular formula is C10H22N2O3S. The predicted molar refractivity (Wildman–Crippen MR) is 63.6 cm³/mol. The second kappa shape index (κ2) is 6.54. The second-order valence-electron chi connectivity index (χ2n) is 4.45. The van der Waals surface area contributed by atoms with E-state index < -0.39 is 9.84 Å². The van der Waals surface area contributed by atoms with Crippen molar-refractivity contribution in [1.82, 2.24) is 5.43 Å². The molecule has 6 heteroatoms. The minimum atomic E-state index is -2.87. The lowest BCUT2D eigenvalue weighted by Crippen LogP contribution is -2.46. The van der Waals surface area contributed by atoms with Crippen molar-refractivity contribution in [2.75, 3.05) is 18.6 Å². The van der Waals surface area contributed by atoms with Gasteiger partial charge in [-0.25, -0.2) is 8.42 Å². The van der Waals surface area contributed by atoms with Gasteiger partial charge in [0, 0.05) is 24.7 Å². The molecule has 1 heterocycles. The Morgan fingerprint density at radius 3 is 2.75 bits per heavy atom. The van der Waals surface area contributed by atoms with Crippen LogP contribution in [-0.2, 0) is 14.6 Å². The summed E-state index contributed by atoms with van der Waals surface area (Å²) in [6.07, 6.45) is 6.05. The first-order chi connectivity index (χ1) is 7.53. The Labute approximate surface area is 97.6 Å². The predicted octanol–water partition coefficient (Wildman–Crippen LogP) is 0.212. The number of sulfone groups is 1. The third-order valence-corrected chi connectivity index (χ3v) is 3.94. The van der Waals surface area contributed by atoms with E-state index in [2.05, 4.69) is 5.43 Å². The molecule has 2 unspecified atom stereocenters. The summed E-state index contributed by atoms with van der Waals surface area (Å²) in [5.41, 5.74) is 2.74. The van der Waals surface area contributed by atoms with E-state index in [1.165, 1.54) is 6.26 Å². The summed E-state index contributed by atoms with van der Waals surface area (Å²) in [4.78, 5) is 0. The molecule has 1 saturated heterocycles. The van der Waals surface area contributed by atoms with Crippen LogP contribution in [-0.4, -0.2) is 39.2 Å². The first kappa shape index (κ1) is 13.9. The van der Waals surface area contributed by atoms with Gasteiger partial charge in [-0.05, 0) is 32.1 Å². The number of nitrogens with one attached hydrogen (secondary N) is 1. The van der Waals surface area contributed by atoms with E-state index in [1.54, 1.807) is 0 Å². The summed E-state index contributed by atoms with van der Waals surface area (Å²) < 4.78 is 27.6. The monoisotopic (exact) mass is 250 g/mol. The first-order valence-electron chi connectivity index (χ1n) is 5.78. The van der Waals surface area contributed by atoms with Crippen molar-refractivity contribution in [1.29, 1.82) is 0 Å². The molecule has 1 aliphatic rings. The molecule has 0 aromatic rings. The number of nitrogens with two attached hydrogens (primary N) is 1. The fourth-order valence-electron chi connectivity index (χ4n) is 2.02. The zero-order valence-electron chi connectivity index (χ0n) is 9.81. The maximum atomic E-state index is 11.0. The fourth-order valence-corrected chi connectivity index (χ4v) is 2.72. The minimum absolute atomic E-state index is 0.0713. The molecule has 2 atom stereocenters. The Bertz CT molecular complexity index is 286. The van der Waals surface area contributed by atoms with Crippen LogP contribution < -0.4 is 11.3 Å². The SMILES string of the molecule is CS(=O)(=O)CCCC(NN)C1CCCCO1. The van der Waals surface area contributed by atoms with Crippen LogP contribution in [0.3, 0.4) is 0 Å². The lowest BCUT2D eigenvalue weighted by molar-refractivity contribution is -0.00938. The van der Waals surface area contributed by atoms with Crippen molar-refractivity contribution < 1.29 is 13.2 Å². The van der Waals surface area contributed by atoms with Gasteiger partial charge in [0.2, 0.25) is 0 Å². The summed E-state index contributed by atoms with van der Waals surface area (Å²) in [5, 5.41) is 0. The van der Waals surface area contributed by atoms with Gasteiger partial charge < -0.3 is 4.74 Å². The van der Waals surface area contributed by atoms with E-state index in [0.29, 0.717) is 6.42 Å². The van der Waals surface area contributed by atoms with Crippen LogP contribution in [0.1, 0.15) is 32.1 Å². The van der Waals surface area contributed by atoms with Crippen LogP contribution in [0.15, 0.2) is 0 Å². The van der Waals surface area contributed by atoms with Crippen LogP contribution in [0.4, 0.5) is 0 Å². The molecule has 0 aromatic heterocycles. The number of hydrogen-bond donors (Lipinski definition) is 2. The second-order valence-corrected chi connectivity index (χ2v) is 6.71. The zero-order chi connectivity index (χ0) is 12.0. The smallest absolute Gasteiger partial charge is 0.147 e. The quantitative estimate of drug-likeness (QED) is 0.520. The van der Waals surface area contributed by atoms with Gasteiger partial charge in [-0.15, -0.1) is 0 Å². The molecule has 0 bridgehead atoms. The van der Waals surface area contributed by atoms with Crippen molar-refractivity contribution >= 4 is 9.84 Å². The lowest BCUT2D eigenvalue weighted by atomic mass is 9.99. The largest absolute Gasteiger partial charge is 0.377 e. The first-order valence-corrected chi connectivity index (χ1v) is 7.84. The number of ether oxygens (including phenoxy) is 1. The lowest BCUT2D eigenvalue weighted by Gasteiger charge is -2.29. The van der Waals surface area contributed by atoms with Crippen LogP contribution >= 0.6 is 0 Å². The van der Waals surface area contributed by atoms with Crippen LogP contribution in [0, 0.1) is 0 Å². The molecular weight excluding hydrogens is 228 g/mol. The Morgan fingerprint density at radius 2 is 2.25 bits per heavy atom. The van der Waals surface area contributed by atoms with E-state index >= 15 is 0 Å². The third-order valence-electron chi connectivity index (χ3n) is 2.91. The average Bonchev–Trinajstić information content (AvgIpc) is 2.24. The Morgan fingerprint density at radius 1 is 1.50 bits per heavy atom. The summed E-state index contributed by atoms with van der Waals surface area (Å²) in [7, 11) is -2.87. The number of hydrazine groups is 1. The standard InChI is InChI=1S/C10H22N2O3S/c1-16(13,14)8-4-5-9(12-11)10-6-2-3-7-15-10/h9-10,12H,2-8,11H2,1H3. The highest BCUT2D eigenvalue weighted by molar-refractivity contribution is 7.90. The third kappa shape index (κ3) is 5.25. The summed E-state index contributed by atoms with van der Waals surface area (Å²) in [6, 6.07) is 0.0713. The van der Waals surface area contributed by atoms with Gasteiger partial charge in [0.1, 0.15) is 9.84 Å². The molecule has 1 rings (SSSR count). The molecule has 3 N–H and O–H groups in total. The van der Waals surface area contributed by atoms with E-state index in [4.69, 9.17) is 10.6 Å². The summed E-state index contributed by atoms with van der Waals surface area (Å²) >= 11 is 0. The van der Waals surface area contributed by atoms with Gasteiger partial charge in [0.15, 0.2) is 0 Å². The highest BCUT2D eigenvalue weighted by Crippen LogP contribution is 2.18. The van der Waals surface area contributed by atoms with Gasteiger partial charge in [-0.3, -0.25) is 11.3 Å². The van der Waals surface area contributed by atoms with Gasteiger partial charge in [0.25, 0.3) is 0 Å². The van der Waals surface area contributed by atoms with Crippen molar-refractivity contribution in [3.8, 4) is 0 Å². The van der Waals surface area contributed by atoms with Gasteiger partial charge in [-0.1, -0.05) is 0 Å². The zero-order valence-corrected chi connectivity index (χ0v) is 10.6. The molecule has 0 aliphatic carbocycles. The van der Waals surface area contributed by atoms with Crippen molar-refractivity contribution in [2.45, 2.75) is 44.2 Å². The van der Waals surface area contributed by atoms with E-state index in [-0.39, 0.29) is 17.9 Å². The van der Waals surface area contributed by atoms with E-state index in [9.17, 15) is 8.42 Å². The van der Waals surface area contributed by atoms with Crippen LogP contribution in [0.2, 0.25) is 0 Å². The Balaban J connectivity index is 2.30. The van der Waals surface area contributed by atoms with Gasteiger partial charge in [0.05, 0.1) is 6.10 Å². The maximum Gasteiger partial charge on any atom is 0.147 e. The molecule has 16 heavy (non-hydrogen) atoms. The fraction of sp³-hybridized carbons (Fsp3) is 1.00. The highest BCUT2D eigenvalue weighted by Gasteiger charge is 2.23. The highest BCUT2D eigenvalue weighted by atomic mass is 32.2. The molecule has 1 fully saturated rings.